The number of hydrogen-bond acceptors (Lipinski definition) is 5. The molecule has 9 heteroatoms. The van der Waals surface area contributed by atoms with Gasteiger partial charge < -0.3 is 9.05 Å². The highest BCUT2D eigenvalue weighted by atomic mass is 35.7. The molecule has 17 heavy (non-hydrogen) atoms. The van der Waals surface area contributed by atoms with Gasteiger partial charge in [0.2, 0.25) is 0 Å². The molecule has 1 aromatic carbocycles. The zero-order valence-corrected chi connectivity index (χ0v) is 11.9. The number of nitrogens with zero attached hydrogens (tertiary/aromatic N) is 1. The molecule has 94 valence electrons. The number of nitro groups is 1. The highest BCUT2D eigenvalue weighted by Gasteiger charge is 2.19. The summed E-state index contributed by atoms with van der Waals surface area (Å²) in [5, 5.41) is 10.6. The Balaban J connectivity index is 2.94. The van der Waals surface area contributed by atoms with Gasteiger partial charge in [-0.1, -0.05) is 11.6 Å². The molecule has 0 bridgehead atoms. The third kappa shape index (κ3) is 4.41. The molecule has 1 aromatic rings. The van der Waals surface area contributed by atoms with Crippen LogP contribution in [0.3, 0.4) is 0 Å². The summed E-state index contributed by atoms with van der Waals surface area (Å²) >= 11 is 16.5. The summed E-state index contributed by atoms with van der Waals surface area (Å²) in [5.41, 5.74) is -0.137. The molecule has 1 unspecified atom stereocenters. The number of nitro benzene ring substituents is 1. The Bertz CT molecular complexity index is 485. The van der Waals surface area contributed by atoms with Crippen molar-refractivity contribution in [3.05, 3.63) is 33.3 Å². The Kier molecular flexibility index (Phi) is 5.16. The van der Waals surface area contributed by atoms with E-state index in [1.165, 1.54) is 12.1 Å². The molecule has 5 nitrogen and oxygen atoms in total. The smallest absolute Gasteiger partial charge is 0.332 e. The highest BCUT2D eigenvalue weighted by Crippen LogP contribution is 2.54. The maximum absolute atomic E-state index is 10.5. The molecule has 0 spiro atoms. The van der Waals surface area contributed by atoms with Crippen LogP contribution in [0.5, 0.6) is 5.75 Å². The first-order chi connectivity index (χ1) is 7.85. The lowest BCUT2D eigenvalue weighted by Crippen LogP contribution is -1.94. The summed E-state index contributed by atoms with van der Waals surface area (Å²) in [7, 11) is 0. The van der Waals surface area contributed by atoms with E-state index in [0.717, 1.165) is 6.07 Å². The van der Waals surface area contributed by atoms with Crippen LogP contribution in [-0.2, 0) is 16.3 Å². The highest BCUT2D eigenvalue weighted by molar-refractivity contribution is 8.22. The van der Waals surface area contributed by atoms with E-state index in [1.54, 1.807) is 6.92 Å². The van der Waals surface area contributed by atoms with E-state index >= 15 is 0 Å². The Labute approximate surface area is 113 Å². The average Bonchev–Trinajstić information content (AvgIpc) is 2.20. The van der Waals surface area contributed by atoms with Gasteiger partial charge in [-0.3, -0.25) is 10.1 Å². The first-order valence-corrected chi connectivity index (χ1v) is 8.35. The summed E-state index contributed by atoms with van der Waals surface area (Å²) in [4.78, 5) is 9.93. The van der Waals surface area contributed by atoms with Gasteiger partial charge in [0.25, 0.3) is 5.69 Å². The van der Waals surface area contributed by atoms with Crippen LogP contribution in [0.4, 0.5) is 5.69 Å². The predicted octanol–water partition coefficient (Wildman–Crippen LogP) is 4.13. The maximum atomic E-state index is 10.5. The standard InChI is InChI=1S/C8H8Cl2NO4PS/c1-2-14-16(10,17)15-8-4-3-6(11(12)13)5-7(8)9/h3-5H,2H2,1H3. The van der Waals surface area contributed by atoms with Crippen LogP contribution >= 0.6 is 28.7 Å². The van der Waals surface area contributed by atoms with Crippen molar-refractivity contribution < 1.29 is 14.0 Å². The molecule has 0 radical (unpaired) electrons. The SMILES string of the molecule is CCOP(=S)(Cl)Oc1ccc([N+](=O)[O-])cc1Cl. The van der Waals surface area contributed by atoms with E-state index in [4.69, 9.17) is 43.7 Å². The molecule has 1 atom stereocenters. The molecule has 0 aliphatic carbocycles. The van der Waals surface area contributed by atoms with Crippen LogP contribution in [0.15, 0.2) is 18.2 Å². The molecular weight excluding hydrogens is 308 g/mol. The van der Waals surface area contributed by atoms with Crippen molar-refractivity contribution in [1.82, 2.24) is 0 Å². The summed E-state index contributed by atoms with van der Waals surface area (Å²) in [6, 6.07) is 3.75. The van der Waals surface area contributed by atoms with Gasteiger partial charge in [0.05, 0.1) is 16.6 Å². The van der Waals surface area contributed by atoms with Crippen molar-refractivity contribution in [3.8, 4) is 5.75 Å². The van der Waals surface area contributed by atoms with E-state index in [1.807, 2.05) is 0 Å². The molecule has 0 saturated carbocycles. The number of hydrogen-bond donors (Lipinski definition) is 0. The van der Waals surface area contributed by atoms with E-state index in [9.17, 15) is 10.1 Å². The first-order valence-electron chi connectivity index (χ1n) is 4.43. The van der Waals surface area contributed by atoms with Gasteiger partial charge in [0.1, 0.15) is 5.75 Å². The third-order valence-electron chi connectivity index (χ3n) is 1.62. The summed E-state index contributed by atoms with van der Waals surface area (Å²) in [6.45, 7) is 2.04. The lowest BCUT2D eigenvalue weighted by molar-refractivity contribution is -0.384. The minimum absolute atomic E-state index is 0.0637. The number of non-ortho nitro benzene ring substituents is 1. The molecule has 0 aliphatic heterocycles. The van der Waals surface area contributed by atoms with Gasteiger partial charge >= 0.3 is 5.84 Å². The van der Waals surface area contributed by atoms with Crippen LogP contribution < -0.4 is 4.52 Å². The van der Waals surface area contributed by atoms with Gasteiger partial charge in [0.15, 0.2) is 0 Å². The van der Waals surface area contributed by atoms with Crippen molar-refractivity contribution in [1.29, 1.82) is 0 Å². The zero-order valence-electron chi connectivity index (χ0n) is 8.63. The minimum Gasteiger partial charge on any atom is -0.431 e. The number of halogens is 2. The van der Waals surface area contributed by atoms with Crippen LogP contribution in [0.25, 0.3) is 0 Å². The van der Waals surface area contributed by atoms with Crippen molar-refractivity contribution >= 4 is 46.2 Å². The molecule has 0 heterocycles. The van der Waals surface area contributed by atoms with Crippen molar-refractivity contribution in [2.75, 3.05) is 6.61 Å². The maximum Gasteiger partial charge on any atom is 0.332 e. The second-order valence-corrected chi connectivity index (χ2v) is 7.90. The van der Waals surface area contributed by atoms with Gasteiger partial charge in [-0.2, -0.15) is 0 Å². The van der Waals surface area contributed by atoms with Crippen molar-refractivity contribution in [3.63, 3.8) is 0 Å². The van der Waals surface area contributed by atoms with Gasteiger partial charge in [-0.15, -0.1) is 0 Å². The van der Waals surface area contributed by atoms with Crippen molar-refractivity contribution in [2.24, 2.45) is 0 Å². The molecular formula is C8H8Cl2NO4PS. The molecule has 0 N–H and O–H groups in total. The minimum atomic E-state index is -2.93. The van der Waals surface area contributed by atoms with Gasteiger partial charge in [0, 0.05) is 12.1 Å². The summed E-state index contributed by atoms with van der Waals surface area (Å²) in [5.74, 6) is -2.76. The average molecular weight is 316 g/mol. The fourth-order valence-corrected chi connectivity index (χ4v) is 3.07. The van der Waals surface area contributed by atoms with Crippen molar-refractivity contribution in [2.45, 2.75) is 6.92 Å². The Morgan fingerprint density at radius 3 is 2.71 bits per heavy atom. The largest absolute Gasteiger partial charge is 0.431 e. The Hall–Kier alpha value is -0.390. The van der Waals surface area contributed by atoms with E-state index < -0.39 is 10.8 Å². The van der Waals surface area contributed by atoms with Crippen LogP contribution in [0, 0.1) is 10.1 Å². The number of rotatable bonds is 5. The predicted molar refractivity (Wildman–Crippen MR) is 70.5 cm³/mol. The Morgan fingerprint density at radius 2 is 2.24 bits per heavy atom. The second kappa shape index (κ2) is 5.98. The summed E-state index contributed by atoms with van der Waals surface area (Å²) in [6.07, 6.45) is 0. The van der Waals surface area contributed by atoms with E-state index in [0.29, 0.717) is 6.61 Å². The third-order valence-corrected chi connectivity index (χ3v) is 3.93. The molecule has 0 aromatic heterocycles. The molecule has 0 amide bonds. The molecule has 0 fully saturated rings. The quantitative estimate of drug-likeness (QED) is 0.464. The lowest BCUT2D eigenvalue weighted by atomic mass is 10.3. The van der Waals surface area contributed by atoms with E-state index in [-0.39, 0.29) is 16.5 Å². The number of benzene rings is 1. The van der Waals surface area contributed by atoms with Crippen LogP contribution in [0.1, 0.15) is 6.92 Å². The fourth-order valence-electron chi connectivity index (χ4n) is 0.975. The first kappa shape index (κ1) is 14.7. The molecule has 1 rings (SSSR count). The zero-order chi connectivity index (χ0) is 13.1. The fraction of sp³-hybridized carbons (Fsp3) is 0.250. The second-order valence-electron chi connectivity index (χ2n) is 2.81. The molecule has 0 saturated heterocycles. The van der Waals surface area contributed by atoms with Gasteiger partial charge in [-0.25, -0.2) is 0 Å². The monoisotopic (exact) mass is 315 g/mol. The normalized spacial score (nSPS) is 14.1. The lowest BCUT2D eigenvalue weighted by Gasteiger charge is -2.15. The topological polar surface area (TPSA) is 61.6 Å². The van der Waals surface area contributed by atoms with Gasteiger partial charge in [-0.05, 0) is 36.0 Å². The molecule has 0 aliphatic rings. The van der Waals surface area contributed by atoms with Crippen LogP contribution in [0.2, 0.25) is 5.02 Å². The Morgan fingerprint density at radius 1 is 1.59 bits per heavy atom. The summed E-state index contributed by atoms with van der Waals surface area (Å²) < 4.78 is 10.3. The van der Waals surface area contributed by atoms with Crippen LogP contribution in [-0.4, -0.2) is 11.5 Å². The van der Waals surface area contributed by atoms with E-state index in [2.05, 4.69) is 0 Å².